The molecule has 0 saturated carbocycles. The summed E-state index contributed by atoms with van der Waals surface area (Å²) in [7, 11) is 0. The van der Waals surface area contributed by atoms with E-state index in [9.17, 15) is 0 Å². The fourth-order valence-corrected chi connectivity index (χ4v) is 0.886. The van der Waals surface area contributed by atoms with Crippen LogP contribution in [0.2, 0.25) is 0 Å². The van der Waals surface area contributed by atoms with E-state index in [1.165, 1.54) is 3.57 Å². The zero-order valence-corrected chi connectivity index (χ0v) is 8.19. The van der Waals surface area contributed by atoms with Crippen LogP contribution in [0.25, 0.3) is 0 Å². The van der Waals surface area contributed by atoms with Crippen LogP contribution in [-0.4, -0.2) is 5.48 Å². The molecule has 0 aliphatic rings. The largest absolute Gasteiger partial charge is 1.00 e. The van der Waals surface area contributed by atoms with Gasteiger partial charge in [0, 0.05) is 6.07 Å². The standard InChI is InChI=1S/C6H6IN.ClH.H2O/c7-5-3-1-2-4-6(5)8;;/h1-4H,8H2;1H;1H2. The molecule has 1 aromatic carbocycles. The molecule has 0 fully saturated rings. The summed E-state index contributed by atoms with van der Waals surface area (Å²) >= 11 is 2.26. The fraction of sp³-hybridized carbons (Fsp3) is 0. The molecule has 0 saturated heterocycles. The van der Waals surface area contributed by atoms with E-state index in [4.69, 9.17) is 0 Å². The summed E-state index contributed by atoms with van der Waals surface area (Å²) in [6.45, 7) is 0. The molecular weight excluding hydrogens is 264 g/mol. The van der Waals surface area contributed by atoms with Crippen molar-refractivity contribution in [2.24, 2.45) is 0 Å². The fourth-order valence-electron chi connectivity index (χ4n) is 0.498. The van der Waals surface area contributed by atoms with E-state index in [0.717, 1.165) is 5.69 Å². The molecule has 0 aromatic heterocycles. The lowest BCUT2D eigenvalue weighted by Crippen LogP contribution is -3.00. The Kier molecular flexibility index (Phi) is 7.56. The Balaban J connectivity index is 0. The van der Waals surface area contributed by atoms with Gasteiger partial charge in [-0.05, 0) is 28.7 Å². The predicted octanol–water partition coefficient (Wildman–Crippen LogP) is -2.66. The minimum absolute atomic E-state index is 0. The summed E-state index contributed by atoms with van der Waals surface area (Å²) in [6, 6.07) is 8.05. The first-order valence-corrected chi connectivity index (χ1v) is 3.45. The monoisotopic (exact) mass is 273 g/mol. The van der Waals surface area contributed by atoms with E-state index in [0.29, 0.717) is 0 Å². The highest BCUT2D eigenvalue weighted by Crippen LogP contribution is 2.09. The summed E-state index contributed by atoms with van der Waals surface area (Å²) in [5, 5.41) is 0. The van der Waals surface area contributed by atoms with Crippen LogP contribution in [0.3, 0.4) is 0 Å². The molecule has 0 aliphatic heterocycles. The quantitative estimate of drug-likeness (QED) is 0.502. The van der Waals surface area contributed by atoms with Gasteiger partial charge in [-0.2, -0.15) is 0 Å². The van der Waals surface area contributed by atoms with Gasteiger partial charge in [0.25, 0.3) is 0 Å². The van der Waals surface area contributed by atoms with Gasteiger partial charge < -0.3 is 23.6 Å². The molecule has 0 radical (unpaired) electrons. The highest BCUT2D eigenvalue weighted by Gasteiger charge is 1.91. The lowest BCUT2D eigenvalue weighted by Gasteiger charge is -1.87. The van der Waals surface area contributed by atoms with E-state index in [-0.39, 0.29) is 17.9 Å². The molecule has 0 unspecified atom stereocenters. The normalized spacial score (nSPS) is 7.40. The van der Waals surface area contributed by atoms with Crippen molar-refractivity contribution in [3.8, 4) is 0 Å². The molecule has 10 heavy (non-hydrogen) atoms. The smallest absolute Gasteiger partial charge is 0.141 e. The second kappa shape index (κ2) is 5.91. The van der Waals surface area contributed by atoms with Crippen LogP contribution >= 0.6 is 22.6 Å². The maximum Gasteiger partial charge on any atom is 0.141 e. The van der Waals surface area contributed by atoms with Crippen LogP contribution in [0.4, 0.5) is 5.69 Å². The van der Waals surface area contributed by atoms with Crippen LogP contribution in [-0.2, 0) is 0 Å². The van der Waals surface area contributed by atoms with Crippen molar-refractivity contribution < 1.29 is 23.6 Å². The van der Waals surface area contributed by atoms with E-state index in [1.54, 1.807) is 0 Å². The summed E-state index contributed by atoms with van der Waals surface area (Å²) in [4.78, 5) is 0. The predicted molar refractivity (Wildman–Crippen MR) is 45.3 cm³/mol. The summed E-state index contributed by atoms with van der Waals surface area (Å²) in [6.07, 6.45) is 0. The van der Waals surface area contributed by atoms with Gasteiger partial charge in [-0.3, -0.25) is 0 Å². The number of rotatable bonds is 0. The molecule has 58 valence electrons. The zero-order valence-electron chi connectivity index (χ0n) is 5.27. The Morgan fingerprint density at radius 1 is 1.20 bits per heavy atom. The number of benzene rings is 1. The second-order valence-electron chi connectivity index (χ2n) is 1.59. The van der Waals surface area contributed by atoms with Gasteiger partial charge in [-0.25, -0.2) is 0 Å². The van der Waals surface area contributed by atoms with Crippen LogP contribution in [0.5, 0.6) is 0 Å². The van der Waals surface area contributed by atoms with Crippen molar-refractivity contribution >= 4 is 28.3 Å². The number of hydrogen-bond donors (Lipinski definition) is 1. The average Bonchev–Trinajstić information content (AvgIpc) is 1.77. The molecule has 5 N–H and O–H groups in total. The first-order valence-electron chi connectivity index (χ1n) is 2.37. The van der Waals surface area contributed by atoms with E-state index in [2.05, 4.69) is 28.3 Å². The average molecular weight is 274 g/mol. The lowest BCUT2D eigenvalue weighted by molar-refractivity contribution is -0.256. The lowest BCUT2D eigenvalue weighted by atomic mass is 10.3. The molecule has 0 atom stereocenters. The third-order valence-electron chi connectivity index (χ3n) is 0.958. The van der Waals surface area contributed by atoms with Crippen LogP contribution in [0, 0.1) is 3.57 Å². The van der Waals surface area contributed by atoms with Gasteiger partial charge >= 0.3 is 0 Å². The number of quaternary nitrogens is 1. The highest BCUT2D eigenvalue weighted by atomic mass is 127. The van der Waals surface area contributed by atoms with Gasteiger partial charge in [0.05, 0.1) is 3.57 Å². The third-order valence-corrected chi connectivity index (χ3v) is 2.01. The third kappa shape index (κ3) is 3.36. The van der Waals surface area contributed by atoms with Gasteiger partial charge in [-0.15, -0.1) is 0 Å². The molecular formula is C6H9ClINO. The van der Waals surface area contributed by atoms with Crippen LogP contribution < -0.4 is 18.1 Å². The Morgan fingerprint density at radius 2 is 1.70 bits per heavy atom. The molecule has 0 heterocycles. The van der Waals surface area contributed by atoms with Gasteiger partial charge in [0.1, 0.15) is 5.69 Å². The molecule has 0 aliphatic carbocycles. The molecule has 4 heteroatoms. The van der Waals surface area contributed by atoms with Crippen LogP contribution in [0.1, 0.15) is 0 Å². The minimum Gasteiger partial charge on any atom is -1.00 e. The first kappa shape index (κ1) is 12.8. The summed E-state index contributed by atoms with van der Waals surface area (Å²) in [5.41, 5.74) is 4.92. The number of hydrogen-bond acceptors (Lipinski definition) is 0. The zero-order chi connectivity index (χ0) is 5.98. The Bertz CT molecular complexity index is 174. The van der Waals surface area contributed by atoms with Crippen molar-refractivity contribution in [3.63, 3.8) is 0 Å². The highest BCUT2D eigenvalue weighted by molar-refractivity contribution is 14.1. The molecule has 1 rings (SSSR count). The number of halogens is 2. The van der Waals surface area contributed by atoms with E-state index >= 15 is 0 Å². The van der Waals surface area contributed by atoms with E-state index < -0.39 is 0 Å². The van der Waals surface area contributed by atoms with Crippen molar-refractivity contribution in [1.82, 2.24) is 0 Å². The molecule has 0 bridgehead atoms. The Labute approximate surface area is 79.7 Å². The van der Waals surface area contributed by atoms with Crippen molar-refractivity contribution in [2.75, 3.05) is 0 Å². The van der Waals surface area contributed by atoms with E-state index in [1.807, 2.05) is 24.3 Å². The first-order chi connectivity index (χ1) is 3.80. The Hall–Kier alpha value is 0.160. The van der Waals surface area contributed by atoms with Gasteiger partial charge in [0.2, 0.25) is 0 Å². The summed E-state index contributed by atoms with van der Waals surface area (Å²) < 4.78 is 1.23. The van der Waals surface area contributed by atoms with Crippen molar-refractivity contribution in [3.05, 3.63) is 27.8 Å². The molecule has 2 nitrogen and oxygen atoms in total. The molecule has 0 spiro atoms. The van der Waals surface area contributed by atoms with Gasteiger partial charge in [0.15, 0.2) is 0 Å². The Morgan fingerprint density at radius 3 is 2.00 bits per heavy atom. The SMILES string of the molecule is O.[Cl-].[NH3+]c1ccccc1I. The van der Waals surface area contributed by atoms with Crippen molar-refractivity contribution in [1.29, 1.82) is 0 Å². The topological polar surface area (TPSA) is 59.1 Å². The second-order valence-corrected chi connectivity index (χ2v) is 2.75. The minimum atomic E-state index is 0. The molecule has 1 aromatic rings. The van der Waals surface area contributed by atoms with Crippen molar-refractivity contribution in [2.45, 2.75) is 0 Å². The maximum absolute atomic E-state index is 3.81. The summed E-state index contributed by atoms with van der Waals surface area (Å²) in [5.74, 6) is 0. The maximum atomic E-state index is 3.81. The molecule has 0 amide bonds. The van der Waals surface area contributed by atoms with Gasteiger partial charge in [-0.1, -0.05) is 12.1 Å². The van der Waals surface area contributed by atoms with Crippen LogP contribution in [0.15, 0.2) is 24.3 Å².